The Morgan fingerprint density at radius 2 is 2.00 bits per heavy atom. The predicted octanol–water partition coefficient (Wildman–Crippen LogP) is 4.03. The number of rotatable bonds is 3. The summed E-state index contributed by atoms with van der Waals surface area (Å²) in [6.45, 7) is 7.45. The van der Waals surface area contributed by atoms with Gasteiger partial charge in [-0.1, -0.05) is 28.1 Å². The molecule has 0 saturated carbocycles. The third-order valence-electron chi connectivity index (χ3n) is 1.95. The Morgan fingerprint density at radius 1 is 1.35 bits per heavy atom. The molecule has 0 fully saturated rings. The Morgan fingerprint density at radius 3 is 2.53 bits per heavy atom. The maximum atomic E-state index is 11.7. The summed E-state index contributed by atoms with van der Waals surface area (Å²) < 4.78 is 0. The van der Waals surface area contributed by atoms with E-state index in [1.165, 1.54) is 0 Å². The van der Waals surface area contributed by atoms with Gasteiger partial charge in [-0.15, -0.1) is 0 Å². The Balaban J connectivity index is 2.72. The number of halogens is 1. The fourth-order valence-electron chi connectivity index (χ4n) is 1.12. The number of carbonyl (C=O) groups is 1. The SMILES string of the molecule is CC(Br)c1cccc(C(=O)OOC(C)(C)C)c1. The van der Waals surface area contributed by atoms with E-state index in [2.05, 4.69) is 15.9 Å². The van der Waals surface area contributed by atoms with E-state index < -0.39 is 11.6 Å². The third-order valence-corrected chi connectivity index (χ3v) is 2.48. The molecule has 1 atom stereocenters. The topological polar surface area (TPSA) is 35.5 Å². The lowest BCUT2D eigenvalue weighted by Gasteiger charge is -2.16. The van der Waals surface area contributed by atoms with E-state index in [9.17, 15) is 4.79 Å². The van der Waals surface area contributed by atoms with Gasteiger partial charge >= 0.3 is 5.97 Å². The lowest BCUT2D eigenvalue weighted by molar-refractivity contribution is -0.301. The quantitative estimate of drug-likeness (QED) is 0.480. The standard InChI is InChI=1S/C13H17BrO3/c1-9(14)10-6-5-7-11(8-10)12(15)16-17-13(2,3)4/h5-9H,1-4H3. The van der Waals surface area contributed by atoms with Crippen LogP contribution in [0.1, 0.15) is 48.4 Å². The Hall–Kier alpha value is -0.870. The average Bonchev–Trinajstić information content (AvgIpc) is 2.25. The highest BCUT2D eigenvalue weighted by atomic mass is 79.9. The Bertz CT molecular complexity index is 394. The highest BCUT2D eigenvalue weighted by Crippen LogP contribution is 2.22. The molecule has 0 aliphatic rings. The van der Waals surface area contributed by atoms with Gasteiger partial charge < -0.3 is 0 Å². The minimum Gasteiger partial charge on any atom is -0.292 e. The number of hydrogen-bond acceptors (Lipinski definition) is 3. The zero-order valence-electron chi connectivity index (χ0n) is 10.5. The van der Waals surface area contributed by atoms with Crippen LogP contribution >= 0.6 is 15.9 Å². The van der Waals surface area contributed by atoms with Gasteiger partial charge in [-0.25, -0.2) is 4.79 Å². The van der Waals surface area contributed by atoms with Crippen LogP contribution in [0.25, 0.3) is 0 Å². The molecule has 0 saturated heterocycles. The van der Waals surface area contributed by atoms with Crippen LogP contribution in [0.5, 0.6) is 0 Å². The normalized spacial score (nSPS) is 13.2. The van der Waals surface area contributed by atoms with Gasteiger partial charge in [0.2, 0.25) is 0 Å². The Kier molecular flexibility index (Phi) is 4.71. The van der Waals surface area contributed by atoms with Gasteiger partial charge in [0.1, 0.15) is 5.60 Å². The van der Waals surface area contributed by atoms with Gasteiger partial charge in [0.25, 0.3) is 0 Å². The monoisotopic (exact) mass is 300 g/mol. The average molecular weight is 301 g/mol. The summed E-state index contributed by atoms with van der Waals surface area (Å²) in [5.41, 5.74) is 1.00. The van der Waals surface area contributed by atoms with E-state index in [1.807, 2.05) is 39.8 Å². The van der Waals surface area contributed by atoms with Crippen LogP contribution in [0.2, 0.25) is 0 Å². The van der Waals surface area contributed by atoms with Crippen molar-refractivity contribution in [3.8, 4) is 0 Å². The minimum atomic E-state index is -0.504. The van der Waals surface area contributed by atoms with Gasteiger partial charge in [-0.05, 0) is 45.4 Å². The van der Waals surface area contributed by atoms with Crippen LogP contribution in [0, 0.1) is 0 Å². The molecule has 0 heterocycles. The molecule has 0 amide bonds. The maximum Gasteiger partial charge on any atom is 0.373 e. The molecule has 3 nitrogen and oxygen atoms in total. The first-order valence-electron chi connectivity index (χ1n) is 5.43. The van der Waals surface area contributed by atoms with Crippen molar-refractivity contribution >= 4 is 21.9 Å². The summed E-state index contributed by atoms with van der Waals surface area (Å²) in [5.74, 6) is -0.477. The van der Waals surface area contributed by atoms with Gasteiger partial charge in [-0.2, -0.15) is 4.89 Å². The van der Waals surface area contributed by atoms with Crippen molar-refractivity contribution in [1.82, 2.24) is 0 Å². The van der Waals surface area contributed by atoms with Crippen molar-refractivity contribution in [2.45, 2.75) is 38.1 Å². The van der Waals surface area contributed by atoms with Crippen LogP contribution < -0.4 is 0 Å². The van der Waals surface area contributed by atoms with E-state index in [4.69, 9.17) is 9.78 Å². The lowest BCUT2D eigenvalue weighted by Crippen LogP contribution is -2.22. The van der Waals surface area contributed by atoms with Gasteiger partial charge in [0.05, 0.1) is 5.56 Å². The molecule has 17 heavy (non-hydrogen) atoms. The van der Waals surface area contributed by atoms with Gasteiger partial charge in [-0.3, -0.25) is 4.89 Å². The second kappa shape index (κ2) is 5.65. The molecule has 1 unspecified atom stereocenters. The predicted molar refractivity (Wildman–Crippen MR) is 70.0 cm³/mol. The molecule has 0 aromatic heterocycles. The molecule has 0 radical (unpaired) electrons. The molecule has 0 N–H and O–H groups in total. The van der Waals surface area contributed by atoms with Crippen LogP contribution in [0.4, 0.5) is 0 Å². The van der Waals surface area contributed by atoms with E-state index in [-0.39, 0.29) is 4.83 Å². The molecule has 1 rings (SSSR count). The summed E-state index contributed by atoms with van der Waals surface area (Å²) in [4.78, 5) is 21.7. The fourth-order valence-corrected chi connectivity index (χ4v) is 1.41. The molecule has 4 heteroatoms. The van der Waals surface area contributed by atoms with E-state index in [0.29, 0.717) is 5.56 Å². The van der Waals surface area contributed by atoms with Crippen LogP contribution in [-0.4, -0.2) is 11.6 Å². The van der Waals surface area contributed by atoms with Gasteiger partial charge in [0.15, 0.2) is 0 Å². The molecular formula is C13H17BrO3. The van der Waals surface area contributed by atoms with E-state index >= 15 is 0 Å². The van der Waals surface area contributed by atoms with Crippen molar-refractivity contribution in [2.24, 2.45) is 0 Å². The first kappa shape index (κ1) is 14.2. The summed E-state index contributed by atoms with van der Waals surface area (Å²) in [7, 11) is 0. The maximum absolute atomic E-state index is 11.7. The molecular weight excluding hydrogens is 284 g/mol. The van der Waals surface area contributed by atoms with Crippen molar-refractivity contribution < 1.29 is 14.6 Å². The number of alkyl halides is 1. The third kappa shape index (κ3) is 4.88. The lowest BCUT2D eigenvalue weighted by atomic mass is 10.1. The smallest absolute Gasteiger partial charge is 0.292 e. The minimum absolute atomic E-state index is 0.193. The Labute approximate surface area is 110 Å². The van der Waals surface area contributed by atoms with Crippen molar-refractivity contribution in [1.29, 1.82) is 0 Å². The summed E-state index contributed by atoms with van der Waals surface area (Å²) in [5, 5.41) is 0. The summed E-state index contributed by atoms with van der Waals surface area (Å²) >= 11 is 3.45. The molecule has 0 spiro atoms. The molecule has 0 bridgehead atoms. The van der Waals surface area contributed by atoms with Gasteiger partial charge in [0, 0.05) is 4.83 Å². The van der Waals surface area contributed by atoms with E-state index in [1.54, 1.807) is 12.1 Å². The summed E-state index contributed by atoms with van der Waals surface area (Å²) in [6.07, 6.45) is 0. The number of hydrogen-bond donors (Lipinski definition) is 0. The fraction of sp³-hybridized carbons (Fsp3) is 0.462. The van der Waals surface area contributed by atoms with Crippen LogP contribution in [0.3, 0.4) is 0 Å². The first-order chi connectivity index (χ1) is 7.79. The largest absolute Gasteiger partial charge is 0.373 e. The highest BCUT2D eigenvalue weighted by molar-refractivity contribution is 9.09. The van der Waals surface area contributed by atoms with Crippen molar-refractivity contribution in [3.05, 3.63) is 35.4 Å². The second-order valence-electron chi connectivity index (χ2n) is 4.81. The molecule has 1 aromatic rings. The second-order valence-corrected chi connectivity index (χ2v) is 6.18. The number of carbonyl (C=O) groups excluding carboxylic acids is 1. The zero-order chi connectivity index (χ0) is 13.1. The molecule has 0 aliphatic carbocycles. The number of benzene rings is 1. The first-order valence-corrected chi connectivity index (χ1v) is 6.35. The molecule has 94 valence electrons. The van der Waals surface area contributed by atoms with E-state index in [0.717, 1.165) is 5.56 Å². The zero-order valence-corrected chi connectivity index (χ0v) is 12.1. The summed E-state index contributed by atoms with van der Waals surface area (Å²) in [6, 6.07) is 7.25. The molecule has 0 aliphatic heterocycles. The highest BCUT2D eigenvalue weighted by Gasteiger charge is 2.17. The van der Waals surface area contributed by atoms with Crippen molar-refractivity contribution in [3.63, 3.8) is 0 Å². The molecule has 1 aromatic carbocycles. The van der Waals surface area contributed by atoms with Crippen molar-refractivity contribution in [2.75, 3.05) is 0 Å². The van der Waals surface area contributed by atoms with Crippen LogP contribution in [-0.2, 0) is 9.78 Å². The van der Waals surface area contributed by atoms with Crippen LogP contribution in [0.15, 0.2) is 24.3 Å².